The smallest absolute Gasteiger partial charge is 0.129 e. The average Bonchev–Trinajstić information content (AvgIpc) is 2.09. The third-order valence-electron chi connectivity index (χ3n) is 1.53. The molecular formula is C8H13N3O. The molecule has 0 saturated carbocycles. The van der Waals surface area contributed by atoms with Crippen LogP contribution >= 0.6 is 0 Å². The number of nitrogens with two attached hydrogens (primary N) is 1. The van der Waals surface area contributed by atoms with E-state index in [1.54, 1.807) is 12.4 Å². The van der Waals surface area contributed by atoms with Gasteiger partial charge in [-0.15, -0.1) is 0 Å². The van der Waals surface area contributed by atoms with E-state index in [0.29, 0.717) is 19.4 Å². The third kappa shape index (κ3) is 2.56. The van der Waals surface area contributed by atoms with Crippen molar-refractivity contribution in [2.75, 3.05) is 13.2 Å². The molecular weight excluding hydrogens is 154 g/mol. The van der Waals surface area contributed by atoms with Crippen LogP contribution in [-0.2, 0) is 12.8 Å². The standard InChI is InChI=1S/C8H13N3O/c9-3-1-8-10-5-7(2-4-12)6-11-8/h5-6,12H,1-4,9H2. The zero-order valence-electron chi connectivity index (χ0n) is 6.90. The van der Waals surface area contributed by atoms with E-state index in [1.807, 2.05) is 0 Å². The van der Waals surface area contributed by atoms with Crippen molar-refractivity contribution >= 4 is 0 Å². The van der Waals surface area contributed by atoms with Crippen molar-refractivity contribution in [2.24, 2.45) is 5.73 Å². The third-order valence-corrected chi connectivity index (χ3v) is 1.53. The van der Waals surface area contributed by atoms with Crippen molar-refractivity contribution in [2.45, 2.75) is 12.8 Å². The molecule has 0 spiro atoms. The second-order valence-corrected chi connectivity index (χ2v) is 2.52. The summed E-state index contributed by atoms with van der Waals surface area (Å²) in [6, 6.07) is 0. The van der Waals surface area contributed by atoms with Crippen LogP contribution in [0.3, 0.4) is 0 Å². The van der Waals surface area contributed by atoms with Gasteiger partial charge in [0.05, 0.1) is 0 Å². The Morgan fingerprint density at radius 2 is 1.92 bits per heavy atom. The number of nitrogens with zero attached hydrogens (tertiary/aromatic N) is 2. The quantitative estimate of drug-likeness (QED) is 0.635. The molecule has 0 amide bonds. The van der Waals surface area contributed by atoms with Crippen LogP contribution in [0.2, 0.25) is 0 Å². The molecule has 0 radical (unpaired) electrons. The molecule has 0 aliphatic carbocycles. The molecule has 0 aromatic carbocycles. The molecule has 12 heavy (non-hydrogen) atoms. The maximum atomic E-state index is 8.62. The van der Waals surface area contributed by atoms with Crippen molar-refractivity contribution in [1.29, 1.82) is 0 Å². The fourth-order valence-electron chi connectivity index (χ4n) is 0.898. The number of rotatable bonds is 4. The highest BCUT2D eigenvalue weighted by Gasteiger charge is 1.95. The normalized spacial score (nSPS) is 10.2. The Morgan fingerprint density at radius 1 is 1.25 bits per heavy atom. The van der Waals surface area contributed by atoms with Gasteiger partial charge >= 0.3 is 0 Å². The number of aliphatic hydroxyl groups is 1. The van der Waals surface area contributed by atoms with Gasteiger partial charge in [-0.1, -0.05) is 0 Å². The zero-order chi connectivity index (χ0) is 8.81. The molecule has 0 unspecified atom stereocenters. The zero-order valence-corrected chi connectivity index (χ0v) is 6.90. The van der Waals surface area contributed by atoms with Gasteiger partial charge < -0.3 is 10.8 Å². The minimum atomic E-state index is 0.138. The van der Waals surface area contributed by atoms with Crippen LogP contribution in [0, 0.1) is 0 Å². The molecule has 1 rings (SSSR count). The lowest BCUT2D eigenvalue weighted by atomic mass is 10.2. The number of aliphatic hydroxyl groups excluding tert-OH is 1. The molecule has 1 aromatic rings. The minimum absolute atomic E-state index is 0.138. The molecule has 1 heterocycles. The Balaban J connectivity index is 2.58. The summed E-state index contributed by atoms with van der Waals surface area (Å²) in [6.07, 6.45) is 4.78. The summed E-state index contributed by atoms with van der Waals surface area (Å²) >= 11 is 0. The van der Waals surface area contributed by atoms with Crippen LogP contribution in [0.25, 0.3) is 0 Å². The molecule has 4 heteroatoms. The Bertz CT molecular complexity index is 197. The van der Waals surface area contributed by atoms with Crippen molar-refractivity contribution in [3.8, 4) is 0 Å². The number of aromatic nitrogens is 2. The van der Waals surface area contributed by atoms with Gasteiger partial charge in [0.15, 0.2) is 0 Å². The number of hydrogen-bond acceptors (Lipinski definition) is 4. The van der Waals surface area contributed by atoms with Gasteiger partial charge in [-0.2, -0.15) is 0 Å². The maximum absolute atomic E-state index is 8.62. The van der Waals surface area contributed by atoms with E-state index >= 15 is 0 Å². The molecule has 0 saturated heterocycles. The summed E-state index contributed by atoms with van der Waals surface area (Å²) in [4.78, 5) is 8.17. The molecule has 0 aliphatic rings. The molecule has 66 valence electrons. The summed E-state index contributed by atoms with van der Waals surface area (Å²) in [6.45, 7) is 0.707. The highest BCUT2D eigenvalue weighted by atomic mass is 16.2. The van der Waals surface area contributed by atoms with Gasteiger partial charge in [-0.05, 0) is 18.5 Å². The lowest BCUT2D eigenvalue weighted by Gasteiger charge is -1.98. The van der Waals surface area contributed by atoms with Crippen LogP contribution in [0.4, 0.5) is 0 Å². The Hall–Kier alpha value is -1.00. The maximum Gasteiger partial charge on any atom is 0.129 e. The van der Waals surface area contributed by atoms with E-state index in [1.165, 1.54) is 0 Å². The summed E-state index contributed by atoms with van der Waals surface area (Å²) in [5, 5.41) is 8.62. The van der Waals surface area contributed by atoms with Crippen LogP contribution < -0.4 is 5.73 Å². The van der Waals surface area contributed by atoms with Gasteiger partial charge in [0, 0.05) is 25.4 Å². The van der Waals surface area contributed by atoms with Crippen LogP contribution in [0.1, 0.15) is 11.4 Å². The van der Waals surface area contributed by atoms with Crippen LogP contribution in [0.15, 0.2) is 12.4 Å². The Labute approximate surface area is 71.5 Å². The average molecular weight is 167 g/mol. The topological polar surface area (TPSA) is 72.0 Å². The fourth-order valence-corrected chi connectivity index (χ4v) is 0.898. The van der Waals surface area contributed by atoms with Crippen molar-refractivity contribution < 1.29 is 5.11 Å². The fraction of sp³-hybridized carbons (Fsp3) is 0.500. The predicted molar refractivity (Wildman–Crippen MR) is 45.6 cm³/mol. The molecule has 0 bridgehead atoms. The first-order valence-corrected chi connectivity index (χ1v) is 3.97. The monoisotopic (exact) mass is 167 g/mol. The van der Waals surface area contributed by atoms with E-state index in [9.17, 15) is 0 Å². The second-order valence-electron chi connectivity index (χ2n) is 2.52. The van der Waals surface area contributed by atoms with E-state index < -0.39 is 0 Å². The van der Waals surface area contributed by atoms with Gasteiger partial charge in [-0.3, -0.25) is 0 Å². The molecule has 0 fully saturated rings. The highest BCUT2D eigenvalue weighted by Crippen LogP contribution is 1.96. The van der Waals surface area contributed by atoms with E-state index in [-0.39, 0.29) is 6.61 Å². The molecule has 3 N–H and O–H groups in total. The van der Waals surface area contributed by atoms with Crippen LogP contribution in [-0.4, -0.2) is 28.2 Å². The lowest BCUT2D eigenvalue weighted by molar-refractivity contribution is 0.299. The molecule has 0 aliphatic heterocycles. The van der Waals surface area contributed by atoms with Crippen molar-refractivity contribution in [3.63, 3.8) is 0 Å². The first-order chi connectivity index (χ1) is 5.86. The highest BCUT2D eigenvalue weighted by molar-refractivity contribution is 5.05. The van der Waals surface area contributed by atoms with E-state index in [4.69, 9.17) is 10.8 Å². The summed E-state index contributed by atoms with van der Waals surface area (Å²) in [7, 11) is 0. The molecule has 0 atom stereocenters. The van der Waals surface area contributed by atoms with Gasteiger partial charge in [-0.25, -0.2) is 9.97 Å². The van der Waals surface area contributed by atoms with Crippen molar-refractivity contribution in [3.05, 3.63) is 23.8 Å². The van der Waals surface area contributed by atoms with Gasteiger partial charge in [0.2, 0.25) is 0 Å². The summed E-state index contributed by atoms with van der Waals surface area (Å²) in [5.41, 5.74) is 6.29. The van der Waals surface area contributed by atoms with Gasteiger partial charge in [0.1, 0.15) is 5.82 Å². The Kier molecular flexibility index (Phi) is 3.63. The predicted octanol–water partition coefficient (Wildman–Crippen LogP) is -0.487. The van der Waals surface area contributed by atoms with Crippen LogP contribution in [0.5, 0.6) is 0 Å². The SMILES string of the molecule is NCCc1ncc(CCO)cn1. The lowest BCUT2D eigenvalue weighted by Crippen LogP contribution is -2.06. The Morgan fingerprint density at radius 3 is 2.42 bits per heavy atom. The van der Waals surface area contributed by atoms with E-state index in [2.05, 4.69) is 9.97 Å². The number of hydrogen-bond donors (Lipinski definition) is 2. The minimum Gasteiger partial charge on any atom is -0.396 e. The first kappa shape index (κ1) is 9.09. The summed E-state index contributed by atoms with van der Waals surface area (Å²) < 4.78 is 0. The summed E-state index contributed by atoms with van der Waals surface area (Å²) in [5.74, 6) is 0.763. The second kappa shape index (κ2) is 4.79. The van der Waals surface area contributed by atoms with Gasteiger partial charge in [0.25, 0.3) is 0 Å². The first-order valence-electron chi connectivity index (χ1n) is 3.97. The largest absolute Gasteiger partial charge is 0.396 e. The van der Waals surface area contributed by atoms with Crippen molar-refractivity contribution in [1.82, 2.24) is 9.97 Å². The molecule has 1 aromatic heterocycles. The molecule has 4 nitrogen and oxygen atoms in total. The van der Waals surface area contributed by atoms with E-state index in [0.717, 1.165) is 11.4 Å².